The first kappa shape index (κ1) is 11.9. The van der Waals surface area contributed by atoms with Crippen LogP contribution in [0.4, 0.5) is 0 Å². The summed E-state index contributed by atoms with van der Waals surface area (Å²) < 4.78 is 4.57. The summed E-state index contributed by atoms with van der Waals surface area (Å²) in [6, 6.07) is -0.628. The van der Waals surface area contributed by atoms with Crippen molar-refractivity contribution in [2.75, 3.05) is 6.61 Å². The molecular formula is C8H15NO4. The van der Waals surface area contributed by atoms with Crippen molar-refractivity contribution in [3.8, 4) is 0 Å². The molecule has 0 aliphatic carbocycles. The lowest BCUT2D eigenvalue weighted by atomic mass is 10.2. The molecule has 0 spiro atoms. The van der Waals surface area contributed by atoms with Gasteiger partial charge in [0, 0.05) is 6.92 Å². The molecule has 0 bridgehead atoms. The van der Waals surface area contributed by atoms with Crippen LogP contribution in [-0.2, 0) is 14.3 Å². The largest absolute Gasteiger partial charge is 0.464 e. The second kappa shape index (κ2) is 5.53. The van der Waals surface area contributed by atoms with Gasteiger partial charge in [0.2, 0.25) is 5.91 Å². The summed E-state index contributed by atoms with van der Waals surface area (Å²) in [5, 5.41) is 11.7. The number of hydrogen-bond donors (Lipinski definition) is 2. The lowest BCUT2D eigenvalue weighted by molar-refractivity contribution is -0.154. The van der Waals surface area contributed by atoms with Crippen molar-refractivity contribution in [3.63, 3.8) is 0 Å². The molecule has 2 atom stereocenters. The van der Waals surface area contributed by atoms with Gasteiger partial charge >= 0.3 is 5.97 Å². The van der Waals surface area contributed by atoms with Crippen molar-refractivity contribution in [3.05, 3.63) is 0 Å². The van der Waals surface area contributed by atoms with Gasteiger partial charge in [-0.2, -0.15) is 0 Å². The molecule has 13 heavy (non-hydrogen) atoms. The Morgan fingerprint density at radius 1 is 1.54 bits per heavy atom. The molecule has 0 aliphatic rings. The first-order valence-corrected chi connectivity index (χ1v) is 4.10. The van der Waals surface area contributed by atoms with E-state index in [0.29, 0.717) is 0 Å². The highest BCUT2D eigenvalue weighted by Gasteiger charge is 2.23. The average molecular weight is 189 g/mol. The van der Waals surface area contributed by atoms with Gasteiger partial charge in [0.1, 0.15) is 0 Å². The molecule has 0 aromatic heterocycles. The highest BCUT2D eigenvalue weighted by atomic mass is 16.5. The van der Waals surface area contributed by atoms with Crippen LogP contribution in [0.25, 0.3) is 0 Å². The van der Waals surface area contributed by atoms with Crippen LogP contribution < -0.4 is 5.32 Å². The van der Waals surface area contributed by atoms with Crippen molar-refractivity contribution >= 4 is 11.9 Å². The normalized spacial score (nSPS) is 14.5. The van der Waals surface area contributed by atoms with E-state index < -0.39 is 18.1 Å². The fourth-order valence-corrected chi connectivity index (χ4v) is 0.831. The summed E-state index contributed by atoms with van der Waals surface area (Å²) in [4.78, 5) is 21.5. The Bertz CT molecular complexity index is 193. The van der Waals surface area contributed by atoms with E-state index in [1.807, 2.05) is 0 Å². The van der Waals surface area contributed by atoms with Crippen LogP contribution in [0.3, 0.4) is 0 Å². The molecule has 0 fully saturated rings. The molecule has 76 valence electrons. The van der Waals surface area contributed by atoms with Gasteiger partial charge in [0.15, 0.2) is 6.10 Å². The SMILES string of the molecule is CCOC(=O)[C@H](O)[C@@H](C)NC(C)=O. The highest BCUT2D eigenvalue weighted by molar-refractivity contribution is 5.78. The lowest BCUT2D eigenvalue weighted by Crippen LogP contribution is -2.44. The van der Waals surface area contributed by atoms with Gasteiger partial charge in [-0.25, -0.2) is 4.79 Å². The topological polar surface area (TPSA) is 75.6 Å². The first-order valence-electron chi connectivity index (χ1n) is 4.10. The van der Waals surface area contributed by atoms with Crippen molar-refractivity contribution in [2.45, 2.75) is 32.9 Å². The van der Waals surface area contributed by atoms with Crippen molar-refractivity contribution in [1.82, 2.24) is 5.32 Å². The molecule has 0 unspecified atom stereocenters. The quantitative estimate of drug-likeness (QED) is 0.581. The minimum atomic E-state index is -1.30. The summed E-state index contributed by atoms with van der Waals surface area (Å²) >= 11 is 0. The third-order valence-electron chi connectivity index (χ3n) is 1.43. The highest BCUT2D eigenvalue weighted by Crippen LogP contribution is 1.95. The molecule has 1 amide bonds. The maximum absolute atomic E-state index is 10.9. The van der Waals surface area contributed by atoms with Crippen molar-refractivity contribution < 1.29 is 19.4 Å². The van der Waals surface area contributed by atoms with Gasteiger partial charge in [0.05, 0.1) is 12.6 Å². The minimum absolute atomic E-state index is 0.211. The number of carbonyl (C=O) groups is 2. The first-order chi connectivity index (χ1) is 5.99. The van der Waals surface area contributed by atoms with Crippen LogP contribution in [0.1, 0.15) is 20.8 Å². The van der Waals surface area contributed by atoms with Gasteiger partial charge in [-0.3, -0.25) is 4.79 Å². The summed E-state index contributed by atoms with van der Waals surface area (Å²) in [6.45, 7) is 4.70. The van der Waals surface area contributed by atoms with Gasteiger partial charge in [-0.05, 0) is 13.8 Å². The fraction of sp³-hybridized carbons (Fsp3) is 0.750. The summed E-state index contributed by atoms with van der Waals surface area (Å²) in [5.41, 5.74) is 0. The number of aliphatic hydroxyl groups excluding tert-OH is 1. The molecular weight excluding hydrogens is 174 g/mol. The van der Waals surface area contributed by atoms with E-state index in [2.05, 4.69) is 10.1 Å². The Hall–Kier alpha value is -1.10. The van der Waals surface area contributed by atoms with Crippen LogP contribution >= 0.6 is 0 Å². The maximum Gasteiger partial charge on any atom is 0.337 e. The zero-order valence-corrected chi connectivity index (χ0v) is 8.03. The monoisotopic (exact) mass is 189 g/mol. The number of nitrogens with one attached hydrogen (secondary N) is 1. The number of hydrogen-bond acceptors (Lipinski definition) is 4. The number of ether oxygens (including phenoxy) is 1. The van der Waals surface area contributed by atoms with E-state index in [1.165, 1.54) is 13.8 Å². The summed E-state index contributed by atoms with van der Waals surface area (Å²) in [5.74, 6) is -1.01. The molecule has 2 N–H and O–H groups in total. The van der Waals surface area contributed by atoms with E-state index in [0.717, 1.165) is 0 Å². The molecule has 0 saturated heterocycles. The zero-order valence-electron chi connectivity index (χ0n) is 8.03. The molecule has 0 aliphatic heterocycles. The van der Waals surface area contributed by atoms with Crippen LogP contribution in [0.15, 0.2) is 0 Å². The van der Waals surface area contributed by atoms with E-state index >= 15 is 0 Å². The van der Waals surface area contributed by atoms with Gasteiger partial charge in [0.25, 0.3) is 0 Å². The second-order valence-corrected chi connectivity index (χ2v) is 2.69. The van der Waals surface area contributed by atoms with Gasteiger partial charge < -0.3 is 15.2 Å². The van der Waals surface area contributed by atoms with E-state index in [-0.39, 0.29) is 12.5 Å². The Morgan fingerprint density at radius 3 is 2.46 bits per heavy atom. The molecule has 5 heteroatoms. The van der Waals surface area contributed by atoms with E-state index in [1.54, 1.807) is 6.92 Å². The molecule has 0 radical (unpaired) electrons. The van der Waals surface area contributed by atoms with Crippen LogP contribution in [-0.4, -0.2) is 35.7 Å². The van der Waals surface area contributed by atoms with E-state index in [9.17, 15) is 14.7 Å². The van der Waals surface area contributed by atoms with Crippen molar-refractivity contribution in [1.29, 1.82) is 0 Å². The van der Waals surface area contributed by atoms with Crippen molar-refractivity contribution in [2.24, 2.45) is 0 Å². The van der Waals surface area contributed by atoms with Crippen LogP contribution in [0.5, 0.6) is 0 Å². The molecule has 5 nitrogen and oxygen atoms in total. The smallest absolute Gasteiger partial charge is 0.337 e. The third-order valence-corrected chi connectivity index (χ3v) is 1.43. The Balaban J connectivity index is 4.00. The molecule has 0 rings (SSSR count). The molecule has 0 aromatic rings. The molecule has 0 aromatic carbocycles. The predicted octanol–water partition coefficient (Wildman–Crippen LogP) is -0.565. The Morgan fingerprint density at radius 2 is 2.08 bits per heavy atom. The number of amides is 1. The number of esters is 1. The lowest BCUT2D eigenvalue weighted by Gasteiger charge is -2.17. The predicted molar refractivity (Wildman–Crippen MR) is 45.9 cm³/mol. The third kappa shape index (κ3) is 4.47. The Kier molecular flexibility index (Phi) is 5.06. The minimum Gasteiger partial charge on any atom is -0.464 e. The fourth-order valence-electron chi connectivity index (χ4n) is 0.831. The zero-order chi connectivity index (χ0) is 10.4. The van der Waals surface area contributed by atoms with Gasteiger partial charge in [-0.1, -0.05) is 0 Å². The maximum atomic E-state index is 10.9. The Labute approximate surface area is 77.1 Å². The summed E-state index contributed by atoms with van der Waals surface area (Å²) in [6.07, 6.45) is -1.30. The number of aliphatic hydroxyl groups is 1. The number of carbonyl (C=O) groups excluding carboxylic acids is 2. The average Bonchev–Trinajstić information content (AvgIpc) is 2.02. The van der Waals surface area contributed by atoms with E-state index in [4.69, 9.17) is 0 Å². The molecule has 0 heterocycles. The standard InChI is InChI=1S/C8H15NO4/c1-4-13-8(12)7(11)5(2)9-6(3)10/h5,7,11H,4H2,1-3H3,(H,9,10)/t5-,7-/m1/s1. The van der Waals surface area contributed by atoms with Gasteiger partial charge in [-0.15, -0.1) is 0 Å². The van der Waals surface area contributed by atoms with Crippen LogP contribution in [0, 0.1) is 0 Å². The number of rotatable bonds is 4. The van der Waals surface area contributed by atoms with Crippen LogP contribution in [0.2, 0.25) is 0 Å². The summed E-state index contributed by atoms with van der Waals surface area (Å²) in [7, 11) is 0. The molecule has 0 saturated carbocycles. The second-order valence-electron chi connectivity index (χ2n) is 2.69.